The van der Waals surface area contributed by atoms with Crippen LogP contribution in [0.1, 0.15) is 33.6 Å². The van der Waals surface area contributed by atoms with Crippen LogP contribution < -0.4 is 15.0 Å². The molecule has 1 N–H and O–H groups in total. The molecule has 6 heteroatoms. The van der Waals surface area contributed by atoms with Crippen molar-refractivity contribution < 1.29 is 4.74 Å². The van der Waals surface area contributed by atoms with Gasteiger partial charge in [0.25, 0.3) is 0 Å². The van der Waals surface area contributed by atoms with Crippen LogP contribution in [-0.4, -0.2) is 40.7 Å². The molecule has 1 heterocycles. The fraction of sp³-hybridized carbons (Fsp3) is 0.750. The lowest BCUT2D eigenvalue weighted by atomic mass is 10.5. The lowest BCUT2D eigenvalue weighted by Gasteiger charge is -2.21. The summed E-state index contributed by atoms with van der Waals surface area (Å²) in [6.07, 6.45) is 2.49. The van der Waals surface area contributed by atoms with Gasteiger partial charge in [0.05, 0.1) is 6.10 Å². The normalized spacial score (nSPS) is 14.7. The van der Waals surface area contributed by atoms with E-state index in [4.69, 9.17) is 4.74 Å². The van der Waals surface area contributed by atoms with Gasteiger partial charge in [0.2, 0.25) is 11.9 Å². The van der Waals surface area contributed by atoms with Crippen molar-refractivity contribution in [3.05, 3.63) is 0 Å². The summed E-state index contributed by atoms with van der Waals surface area (Å²) < 4.78 is 5.56. The SMILES string of the molecule is CCN(c1nc(NC)nc(OC(C)C)n1)C1CC1. The van der Waals surface area contributed by atoms with E-state index in [0.717, 1.165) is 6.54 Å². The first kappa shape index (κ1) is 12.9. The Morgan fingerprint density at radius 3 is 2.56 bits per heavy atom. The van der Waals surface area contributed by atoms with E-state index in [1.54, 1.807) is 7.05 Å². The summed E-state index contributed by atoms with van der Waals surface area (Å²) in [6, 6.07) is 0.965. The lowest BCUT2D eigenvalue weighted by molar-refractivity contribution is 0.222. The van der Waals surface area contributed by atoms with Crippen molar-refractivity contribution in [2.45, 2.75) is 45.8 Å². The van der Waals surface area contributed by atoms with Crippen LogP contribution in [0.2, 0.25) is 0 Å². The number of nitrogens with zero attached hydrogens (tertiary/aromatic N) is 4. The Bertz CT molecular complexity index is 405. The number of rotatable bonds is 6. The third kappa shape index (κ3) is 3.00. The highest BCUT2D eigenvalue weighted by atomic mass is 16.5. The van der Waals surface area contributed by atoms with Gasteiger partial charge in [-0.05, 0) is 33.6 Å². The average Bonchev–Trinajstić information content (AvgIpc) is 3.13. The molecular formula is C12H21N5O. The zero-order valence-electron chi connectivity index (χ0n) is 11.5. The van der Waals surface area contributed by atoms with Gasteiger partial charge in [-0.3, -0.25) is 0 Å². The van der Waals surface area contributed by atoms with Gasteiger partial charge in [0.1, 0.15) is 0 Å². The van der Waals surface area contributed by atoms with E-state index < -0.39 is 0 Å². The van der Waals surface area contributed by atoms with Gasteiger partial charge in [-0.2, -0.15) is 15.0 Å². The summed E-state index contributed by atoms with van der Waals surface area (Å²) in [5.41, 5.74) is 0. The minimum atomic E-state index is 0.0564. The van der Waals surface area contributed by atoms with Gasteiger partial charge in [-0.15, -0.1) is 0 Å². The van der Waals surface area contributed by atoms with Gasteiger partial charge in [-0.1, -0.05) is 0 Å². The van der Waals surface area contributed by atoms with E-state index in [9.17, 15) is 0 Å². The molecule has 0 unspecified atom stereocenters. The van der Waals surface area contributed by atoms with Gasteiger partial charge in [0, 0.05) is 19.6 Å². The largest absolute Gasteiger partial charge is 0.461 e. The van der Waals surface area contributed by atoms with Crippen molar-refractivity contribution in [3.8, 4) is 6.01 Å². The summed E-state index contributed by atoms with van der Waals surface area (Å²) in [4.78, 5) is 15.2. The highest BCUT2D eigenvalue weighted by Crippen LogP contribution is 2.30. The third-order valence-electron chi connectivity index (χ3n) is 2.75. The average molecular weight is 251 g/mol. The maximum atomic E-state index is 5.56. The van der Waals surface area contributed by atoms with Gasteiger partial charge >= 0.3 is 6.01 Å². The van der Waals surface area contributed by atoms with E-state index in [-0.39, 0.29) is 6.10 Å². The Morgan fingerprint density at radius 1 is 1.33 bits per heavy atom. The summed E-state index contributed by atoms with van der Waals surface area (Å²) in [5.74, 6) is 1.25. The van der Waals surface area contributed by atoms with Crippen molar-refractivity contribution in [2.75, 3.05) is 23.8 Å². The fourth-order valence-electron chi connectivity index (χ4n) is 1.80. The molecule has 0 bridgehead atoms. The van der Waals surface area contributed by atoms with Gasteiger partial charge in [0.15, 0.2) is 0 Å². The number of anilines is 2. The molecule has 1 aromatic heterocycles. The summed E-state index contributed by atoms with van der Waals surface area (Å²) in [7, 11) is 1.80. The fourth-order valence-corrected chi connectivity index (χ4v) is 1.80. The lowest BCUT2D eigenvalue weighted by Crippen LogP contribution is -2.28. The Labute approximate surface area is 108 Å². The predicted molar refractivity (Wildman–Crippen MR) is 71.2 cm³/mol. The number of hydrogen-bond acceptors (Lipinski definition) is 6. The highest BCUT2D eigenvalue weighted by Gasteiger charge is 2.30. The second kappa shape index (κ2) is 5.37. The highest BCUT2D eigenvalue weighted by molar-refractivity contribution is 5.40. The standard InChI is InChI=1S/C12H21N5O/c1-5-17(9-6-7-9)11-14-10(13-4)15-12(16-11)18-8(2)3/h8-9H,5-7H2,1-4H3,(H,13,14,15,16). The number of aromatic nitrogens is 3. The Balaban J connectivity index is 2.27. The van der Waals surface area contributed by atoms with Gasteiger partial charge in [-0.25, -0.2) is 0 Å². The maximum absolute atomic E-state index is 5.56. The van der Waals surface area contributed by atoms with Crippen molar-refractivity contribution >= 4 is 11.9 Å². The molecule has 1 aliphatic carbocycles. The van der Waals surface area contributed by atoms with Gasteiger partial charge < -0.3 is 15.0 Å². The quantitative estimate of drug-likeness (QED) is 0.830. The number of hydrogen-bond donors (Lipinski definition) is 1. The Kier molecular flexibility index (Phi) is 3.84. The number of nitrogens with one attached hydrogen (secondary N) is 1. The van der Waals surface area contributed by atoms with Crippen LogP contribution >= 0.6 is 0 Å². The van der Waals surface area contributed by atoms with Crippen LogP contribution in [0.4, 0.5) is 11.9 Å². The van der Waals surface area contributed by atoms with Crippen LogP contribution in [0.5, 0.6) is 6.01 Å². The summed E-state index contributed by atoms with van der Waals surface area (Å²) in [5, 5.41) is 2.95. The molecule has 2 rings (SSSR count). The van der Waals surface area contributed by atoms with Crippen molar-refractivity contribution in [3.63, 3.8) is 0 Å². The van der Waals surface area contributed by atoms with Crippen LogP contribution in [0.15, 0.2) is 0 Å². The van der Waals surface area contributed by atoms with Crippen LogP contribution in [0.25, 0.3) is 0 Å². The van der Waals surface area contributed by atoms with Crippen molar-refractivity contribution in [1.29, 1.82) is 0 Å². The molecule has 0 atom stereocenters. The van der Waals surface area contributed by atoms with E-state index >= 15 is 0 Å². The molecule has 0 aromatic carbocycles. The number of ether oxygens (including phenoxy) is 1. The smallest absolute Gasteiger partial charge is 0.323 e. The molecule has 100 valence electrons. The van der Waals surface area contributed by atoms with E-state index in [2.05, 4.69) is 32.1 Å². The van der Waals surface area contributed by atoms with Crippen LogP contribution in [0.3, 0.4) is 0 Å². The summed E-state index contributed by atoms with van der Waals surface area (Å²) >= 11 is 0. The minimum Gasteiger partial charge on any atom is -0.461 e. The third-order valence-corrected chi connectivity index (χ3v) is 2.75. The van der Waals surface area contributed by atoms with E-state index in [1.165, 1.54) is 12.8 Å². The molecule has 0 aliphatic heterocycles. The van der Waals surface area contributed by atoms with E-state index in [1.807, 2.05) is 13.8 Å². The first-order valence-corrected chi connectivity index (χ1v) is 6.51. The molecule has 0 radical (unpaired) electrons. The van der Waals surface area contributed by atoms with Crippen LogP contribution in [-0.2, 0) is 0 Å². The molecule has 6 nitrogen and oxygen atoms in total. The molecular weight excluding hydrogens is 230 g/mol. The molecule has 0 amide bonds. The first-order valence-electron chi connectivity index (χ1n) is 6.51. The molecule has 0 saturated heterocycles. The zero-order valence-corrected chi connectivity index (χ0v) is 11.5. The van der Waals surface area contributed by atoms with Crippen LogP contribution in [0, 0.1) is 0 Å². The Hall–Kier alpha value is -1.59. The topological polar surface area (TPSA) is 63.2 Å². The Morgan fingerprint density at radius 2 is 2.06 bits per heavy atom. The monoisotopic (exact) mass is 251 g/mol. The first-order chi connectivity index (χ1) is 8.63. The molecule has 1 saturated carbocycles. The second-order valence-electron chi connectivity index (χ2n) is 4.68. The second-order valence-corrected chi connectivity index (χ2v) is 4.68. The molecule has 1 fully saturated rings. The molecule has 0 spiro atoms. The van der Waals surface area contributed by atoms with Crippen molar-refractivity contribution in [1.82, 2.24) is 15.0 Å². The summed E-state index contributed by atoms with van der Waals surface area (Å²) in [6.45, 7) is 6.94. The predicted octanol–water partition coefficient (Wildman–Crippen LogP) is 1.69. The molecule has 18 heavy (non-hydrogen) atoms. The minimum absolute atomic E-state index is 0.0564. The zero-order chi connectivity index (χ0) is 13.1. The van der Waals surface area contributed by atoms with E-state index in [0.29, 0.717) is 23.9 Å². The van der Waals surface area contributed by atoms with Crippen molar-refractivity contribution in [2.24, 2.45) is 0 Å². The molecule has 1 aromatic rings. The molecule has 1 aliphatic rings. The maximum Gasteiger partial charge on any atom is 0.323 e.